The minimum atomic E-state index is 0.410. The Balaban J connectivity index is 1.92. The standard InChI is InChI=1S/C15H18N2/c1-11(17-13-9-16-10-13)14-8-4-6-12-5-2-3-7-15(12)14/h2-8,11,13,16-17H,9-10H2,1H3. The summed E-state index contributed by atoms with van der Waals surface area (Å²) >= 11 is 0. The Hall–Kier alpha value is -1.38. The van der Waals surface area contributed by atoms with Crippen molar-refractivity contribution in [2.75, 3.05) is 13.1 Å². The third-order valence-electron chi connectivity index (χ3n) is 3.56. The number of rotatable bonds is 3. The molecule has 2 aromatic rings. The molecular formula is C15H18N2. The van der Waals surface area contributed by atoms with Gasteiger partial charge in [0.25, 0.3) is 0 Å². The van der Waals surface area contributed by atoms with E-state index in [1.54, 1.807) is 0 Å². The van der Waals surface area contributed by atoms with Gasteiger partial charge in [-0.05, 0) is 23.3 Å². The summed E-state index contributed by atoms with van der Waals surface area (Å²) in [6, 6.07) is 16.2. The van der Waals surface area contributed by atoms with Crippen LogP contribution in [0.5, 0.6) is 0 Å². The van der Waals surface area contributed by atoms with E-state index in [0.29, 0.717) is 12.1 Å². The summed E-state index contributed by atoms with van der Waals surface area (Å²) in [6.07, 6.45) is 0. The number of benzene rings is 2. The van der Waals surface area contributed by atoms with Crippen molar-refractivity contribution in [3.8, 4) is 0 Å². The molecular weight excluding hydrogens is 208 g/mol. The Labute approximate surface area is 102 Å². The molecule has 17 heavy (non-hydrogen) atoms. The van der Waals surface area contributed by atoms with Crippen molar-refractivity contribution in [3.05, 3.63) is 48.0 Å². The molecule has 0 aliphatic carbocycles. The van der Waals surface area contributed by atoms with Gasteiger partial charge in [-0.15, -0.1) is 0 Å². The highest BCUT2D eigenvalue weighted by atomic mass is 15.1. The molecule has 0 spiro atoms. The molecule has 1 fully saturated rings. The van der Waals surface area contributed by atoms with E-state index >= 15 is 0 Å². The van der Waals surface area contributed by atoms with E-state index in [2.05, 4.69) is 60.0 Å². The van der Waals surface area contributed by atoms with Gasteiger partial charge in [-0.3, -0.25) is 0 Å². The predicted octanol–water partition coefficient (Wildman–Crippen LogP) is 2.46. The second kappa shape index (κ2) is 4.47. The number of nitrogens with one attached hydrogen (secondary N) is 2. The van der Waals surface area contributed by atoms with Gasteiger partial charge < -0.3 is 10.6 Å². The Morgan fingerprint density at radius 2 is 1.88 bits per heavy atom. The van der Waals surface area contributed by atoms with Crippen LogP contribution in [0, 0.1) is 0 Å². The predicted molar refractivity (Wildman–Crippen MR) is 72.2 cm³/mol. The summed E-state index contributed by atoms with van der Waals surface area (Å²) < 4.78 is 0. The highest BCUT2D eigenvalue weighted by Crippen LogP contribution is 2.24. The summed E-state index contributed by atoms with van der Waals surface area (Å²) in [5, 5.41) is 9.64. The first-order valence-electron chi connectivity index (χ1n) is 6.29. The molecule has 0 saturated carbocycles. The van der Waals surface area contributed by atoms with Gasteiger partial charge in [0.15, 0.2) is 0 Å². The van der Waals surface area contributed by atoms with Crippen LogP contribution in [0.4, 0.5) is 0 Å². The lowest BCUT2D eigenvalue weighted by atomic mass is 9.98. The van der Waals surface area contributed by atoms with Crippen LogP contribution in [0.15, 0.2) is 42.5 Å². The molecule has 88 valence electrons. The third-order valence-corrected chi connectivity index (χ3v) is 3.56. The molecule has 1 heterocycles. The SMILES string of the molecule is CC(NC1CNC1)c1cccc2ccccc12. The van der Waals surface area contributed by atoms with Crippen LogP contribution in [0.2, 0.25) is 0 Å². The van der Waals surface area contributed by atoms with Crippen LogP contribution >= 0.6 is 0 Å². The zero-order valence-corrected chi connectivity index (χ0v) is 10.1. The molecule has 2 heteroatoms. The van der Waals surface area contributed by atoms with Crippen molar-refractivity contribution >= 4 is 10.8 Å². The smallest absolute Gasteiger partial charge is 0.0322 e. The summed E-state index contributed by atoms with van der Waals surface area (Å²) in [7, 11) is 0. The highest BCUT2D eigenvalue weighted by Gasteiger charge is 2.19. The van der Waals surface area contributed by atoms with Gasteiger partial charge in [-0.2, -0.15) is 0 Å². The quantitative estimate of drug-likeness (QED) is 0.840. The number of fused-ring (bicyclic) bond motifs is 1. The van der Waals surface area contributed by atoms with Crippen LogP contribution in [-0.2, 0) is 0 Å². The summed E-state index contributed by atoms with van der Waals surface area (Å²) in [4.78, 5) is 0. The summed E-state index contributed by atoms with van der Waals surface area (Å²) in [6.45, 7) is 4.43. The maximum atomic E-state index is 3.66. The molecule has 2 N–H and O–H groups in total. The van der Waals surface area contributed by atoms with Gasteiger partial charge in [-0.25, -0.2) is 0 Å². The van der Waals surface area contributed by atoms with E-state index in [-0.39, 0.29) is 0 Å². The Morgan fingerprint density at radius 3 is 2.65 bits per heavy atom. The maximum Gasteiger partial charge on any atom is 0.0322 e. The molecule has 0 aromatic heterocycles. The fraction of sp³-hybridized carbons (Fsp3) is 0.333. The van der Waals surface area contributed by atoms with E-state index in [4.69, 9.17) is 0 Å². The topological polar surface area (TPSA) is 24.1 Å². The van der Waals surface area contributed by atoms with Gasteiger partial charge in [-0.1, -0.05) is 42.5 Å². The zero-order valence-electron chi connectivity index (χ0n) is 10.1. The minimum Gasteiger partial charge on any atom is -0.314 e. The van der Waals surface area contributed by atoms with Crippen LogP contribution < -0.4 is 10.6 Å². The average Bonchev–Trinajstić information content (AvgIpc) is 2.33. The van der Waals surface area contributed by atoms with Gasteiger partial charge in [0, 0.05) is 25.2 Å². The largest absolute Gasteiger partial charge is 0.314 e. The van der Waals surface area contributed by atoms with Crippen molar-refractivity contribution in [2.45, 2.75) is 19.0 Å². The van der Waals surface area contributed by atoms with Crippen LogP contribution in [-0.4, -0.2) is 19.1 Å². The van der Waals surface area contributed by atoms with Crippen LogP contribution in [0.25, 0.3) is 10.8 Å². The molecule has 1 saturated heterocycles. The lowest BCUT2D eigenvalue weighted by Crippen LogP contribution is -2.55. The van der Waals surface area contributed by atoms with E-state index in [1.165, 1.54) is 16.3 Å². The molecule has 0 amide bonds. The Morgan fingerprint density at radius 1 is 1.12 bits per heavy atom. The molecule has 1 aliphatic rings. The average molecular weight is 226 g/mol. The van der Waals surface area contributed by atoms with E-state index in [1.807, 2.05) is 0 Å². The molecule has 2 aromatic carbocycles. The summed E-state index contributed by atoms with van der Waals surface area (Å²) in [5.74, 6) is 0. The number of hydrogen-bond donors (Lipinski definition) is 2. The molecule has 2 nitrogen and oxygen atoms in total. The second-order valence-electron chi connectivity index (χ2n) is 4.81. The van der Waals surface area contributed by atoms with Crippen molar-refractivity contribution in [1.29, 1.82) is 0 Å². The highest BCUT2D eigenvalue weighted by molar-refractivity contribution is 5.86. The van der Waals surface area contributed by atoms with E-state index < -0.39 is 0 Å². The lowest BCUT2D eigenvalue weighted by molar-refractivity contribution is 0.339. The van der Waals surface area contributed by atoms with Gasteiger partial charge in [0.1, 0.15) is 0 Å². The normalized spacial score (nSPS) is 17.9. The minimum absolute atomic E-state index is 0.410. The number of hydrogen-bond acceptors (Lipinski definition) is 2. The lowest BCUT2D eigenvalue weighted by Gasteiger charge is -2.31. The third kappa shape index (κ3) is 2.06. The van der Waals surface area contributed by atoms with Crippen molar-refractivity contribution < 1.29 is 0 Å². The van der Waals surface area contributed by atoms with Crippen molar-refractivity contribution in [2.24, 2.45) is 0 Å². The van der Waals surface area contributed by atoms with Gasteiger partial charge in [0.05, 0.1) is 0 Å². The molecule has 3 rings (SSSR count). The Bertz CT molecular complexity index is 512. The monoisotopic (exact) mass is 226 g/mol. The Kier molecular flexibility index (Phi) is 2.83. The first-order chi connectivity index (χ1) is 8.34. The molecule has 1 aliphatic heterocycles. The fourth-order valence-electron chi connectivity index (χ4n) is 2.48. The fourth-order valence-corrected chi connectivity index (χ4v) is 2.48. The van der Waals surface area contributed by atoms with E-state index in [9.17, 15) is 0 Å². The summed E-state index contributed by atoms with van der Waals surface area (Å²) in [5.41, 5.74) is 1.40. The molecule has 0 radical (unpaired) electrons. The van der Waals surface area contributed by atoms with Crippen molar-refractivity contribution in [1.82, 2.24) is 10.6 Å². The second-order valence-corrected chi connectivity index (χ2v) is 4.81. The first kappa shape index (κ1) is 10.8. The van der Waals surface area contributed by atoms with Gasteiger partial charge >= 0.3 is 0 Å². The first-order valence-corrected chi connectivity index (χ1v) is 6.29. The van der Waals surface area contributed by atoms with Crippen LogP contribution in [0.1, 0.15) is 18.5 Å². The molecule has 1 unspecified atom stereocenters. The maximum absolute atomic E-state index is 3.66. The van der Waals surface area contributed by atoms with E-state index in [0.717, 1.165) is 13.1 Å². The molecule has 1 atom stereocenters. The van der Waals surface area contributed by atoms with Gasteiger partial charge in [0.2, 0.25) is 0 Å². The van der Waals surface area contributed by atoms with Crippen molar-refractivity contribution in [3.63, 3.8) is 0 Å². The van der Waals surface area contributed by atoms with Crippen LogP contribution in [0.3, 0.4) is 0 Å². The molecule has 0 bridgehead atoms. The zero-order chi connectivity index (χ0) is 11.7.